The van der Waals surface area contributed by atoms with Crippen LogP contribution >= 0.6 is 11.8 Å². The summed E-state index contributed by atoms with van der Waals surface area (Å²) in [6.45, 7) is 1.51. The minimum atomic E-state index is -3.86. The Morgan fingerprint density at radius 3 is 2.27 bits per heavy atom. The second-order valence-corrected chi connectivity index (χ2v) is 8.70. The summed E-state index contributed by atoms with van der Waals surface area (Å²) in [5, 5.41) is 2.79. The molecule has 2 aromatic carbocycles. The highest BCUT2D eigenvalue weighted by Crippen LogP contribution is 2.19. The number of carbonyl (C=O) groups is 1. The molecule has 8 heteroatoms. The molecule has 0 unspecified atom stereocenters. The maximum absolute atomic E-state index is 13.0. The van der Waals surface area contributed by atoms with Crippen LogP contribution in [-0.4, -0.2) is 38.5 Å². The van der Waals surface area contributed by atoms with E-state index >= 15 is 0 Å². The van der Waals surface area contributed by atoms with Crippen molar-refractivity contribution < 1.29 is 17.6 Å². The Kier molecular flexibility index (Phi) is 6.80. The van der Waals surface area contributed by atoms with Crippen molar-refractivity contribution in [2.24, 2.45) is 0 Å². The average molecular weight is 397 g/mol. The van der Waals surface area contributed by atoms with Gasteiger partial charge in [-0.25, -0.2) is 12.8 Å². The zero-order valence-corrected chi connectivity index (χ0v) is 16.4. The fourth-order valence-corrected chi connectivity index (χ4v) is 3.87. The SMILES string of the molecule is CSc1ccc([C@H](C)NC(=O)CN(C)S(=O)(=O)c2ccc(F)cc2)cc1. The van der Waals surface area contributed by atoms with E-state index in [2.05, 4.69) is 5.32 Å². The third kappa shape index (κ3) is 5.06. The summed E-state index contributed by atoms with van der Waals surface area (Å²) >= 11 is 1.63. The number of thioether (sulfide) groups is 1. The van der Waals surface area contributed by atoms with Crippen molar-refractivity contribution in [2.75, 3.05) is 19.8 Å². The number of nitrogens with zero attached hydrogens (tertiary/aromatic N) is 1. The van der Waals surface area contributed by atoms with Crippen LogP contribution < -0.4 is 5.32 Å². The molecule has 0 saturated heterocycles. The van der Waals surface area contributed by atoms with E-state index in [0.29, 0.717) is 0 Å². The second-order valence-electron chi connectivity index (χ2n) is 5.78. The third-order valence-electron chi connectivity index (χ3n) is 3.88. The van der Waals surface area contributed by atoms with E-state index in [9.17, 15) is 17.6 Å². The van der Waals surface area contributed by atoms with Gasteiger partial charge in [-0.3, -0.25) is 4.79 Å². The Morgan fingerprint density at radius 1 is 1.15 bits per heavy atom. The van der Waals surface area contributed by atoms with Crippen molar-refractivity contribution in [3.63, 3.8) is 0 Å². The van der Waals surface area contributed by atoms with Crippen LogP contribution in [0.25, 0.3) is 0 Å². The van der Waals surface area contributed by atoms with Gasteiger partial charge in [-0.15, -0.1) is 11.8 Å². The number of likely N-dealkylation sites (N-methyl/N-ethyl adjacent to an activating group) is 1. The zero-order valence-electron chi connectivity index (χ0n) is 14.8. The van der Waals surface area contributed by atoms with E-state index in [1.54, 1.807) is 11.8 Å². The molecule has 2 rings (SSSR count). The highest BCUT2D eigenvalue weighted by atomic mass is 32.2. The van der Waals surface area contributed by atoms with E-state index in [4.69, 9.17) is 0 Å². The summed E-state index contributed by atoms with van der Waals surface area (Å²) in [4.78, 5) is 13.3. The molecule has 26 heavy (non-hydrogen) atoms. The largest absolute Gasteiger partial charge is 0.348 e. The Bertz CT molecular complexity index is 853. The fraction of sp³-hybridized carbons (Fsp3) is 0.278. The number of amides is 1. The molecule has 1 amide bonds. The van der Waals surface area contributed by atoms with Crippen LogP contribution in [0.15, 0.2) is 58.3 Å². The predicted molar refractivity (Wildman–Crippen MR) is 101 cm³/mol. The van der Waals surface area contributed by atoms with Gasteiger partial charge in [0, 0.05) is 11.9 Å². The van der Waals surface area contributed by atoms with Crippen LogP contribution in [0.4, 0.5) is 4.39 Å². The highest BCUT2D eigenvalue weighted by Gasteiger charge is 2.23. The van der Waals surface area contributed by atoms with Crippen LogP contribution in [0.5, 0.6) is 0 Å². The van der Waals surface area contributed by atoms with Gasteiger partial charge in [0.25, 0.3) is 0 Å². The molecule has 0 heterocycles. The predicted octanol–water partition coefficient (Wildman–Crippen LogP) is 3.05. The fourth-order valence-electron chi connectivity index (χ4n) is 2.34. The molecule has 0 bridgehead atoms. The molecular weight excluding hydrogens is 375 g/mol. The molecule has 140 valence electrons. The quantitative estimate of drug-likeness (QED) is 0.731. The Morgan fingerprint density at radius 2 is 1.73 bits per heavy atom. The number of nitrogens with one attached hydrogen (secondary N) is 1. The van der Waals surface area contributed by atoms with Gasteiger partial charge in [0.1, 0.15) is 5.82 Å². The number of benzene rings is 2. The van der Waals surface area contributed by atoms with Crippen LogP contribution in [-0.2, 0) is 14.8 Å². The normalized spacial score (nSPS) is 12.8. The van der Waals surface area contributed by atoms with Gasteiger partial charge in [0.05, 0.1) is 17.5 Å². The molecule has 0 fully saturated rings. The molecule has 0 spiro atoms. The number of rotatable bonds is 7. The van der Waals surface area contributed by atoms with E-state index < -0.39 is 21.7 Å². The standard InChI is InChI=1S/C18H21FN2O3S2/c1-13(14-4-8-16(25-3)9-5-14)20-18(22)12-21(2)26(23,24)17-10-6-15(19)7-11-17/h4-11,13H,12H2,1-3H3,(H,20,22)/t13-/m0/s1. The second kappa shape index (κ2) is 8.66. The molecule has 0 radical (unpaired) electrons. The van der Waals surface area contributed by atoms with Gasteiger partial charge >= 0.3 is 0 Å². The van der Waals surface area contributed by atoms with Crippen LogP contribution in [0, 0.1) is 5.82 Å². The molecule has 0 aromatic heterocycles. The Balaban J connectivity index is 2.00. The summed E-state index contributed by atoms with van der Waals surface area (Å²) in [5.41, 5.74) is 0.931. The Hall–Kier alpha value is -1.90. The van der Waals surface area contributed by atoms with Crippen molar-refractivity contribution >= 4 is 27.7 Å². The minimum Gasteiger partial charge on any atom is -0.348 e. The van der Waals surface area contributed by atoms with Crippen molar-refractivity contribution in [2.45, 2.75) is 22.8 Å². The number of sulfonamides is 1. The van der Waals surface area contributed by atoms with Gasteiger partial charge in [-0.1, -0.05) is 12.1 Å². The Labute approximate surface area is 157 Å². The maximum Gasteiger partial charge on any atom is 0.243 e. The van der Waals surface area contributed by atoms with Crippen LogP contribution in [0.1, 0.15) is 18.5 Å². The summed E-state index contributed by atoms with van der Waals surface area (Å²) in [7, 11) is -2.54. The van der Waals surface area contributed by atoms with E-state index in [-0.39, 0.29) is 17.5 Å². The van der Waals surface area contributed by atoms with Gasteiger partial charge < -0.3 is 5.32 Å². The summed E-state index contributed by atoms with van der Waals surface area (Å²) < 4.78 is 38.8. The minimum absolute atomic E-state index is 0.0603. The molecule has 5 nitrogen and oxygen atoms in total. The number of carbonyl (C=O) groups excluding carboxylic acids is 1. The zero-order chi connectivity index (χ0) is 19.3. The molecule has 0 aliphatic rings. The van der Waals surface area contributed by atoms with Crippen LogP contribution in [0.3, 0.4) is 0 Å². The van der Waals surface area contributed by atoms with Crippen molar-refractivity contribution in [1.29, 1.82) is 0 Å². The molecular formula is C18H21FN2O3S2. The molecule has 0 saturated carbocycles. The molecule has 2 aromatic rings. The van der Waals surface area contributed by atoms with Crippen LogP contribution in [0.2, 0.25) is 0 Å². The first-order valence-corrected chi connectivity index (χ1v) is 10.6. The van der Waals surface area contributed by atoms with E-state index in [0.717, 1.165) is 26.9 Å². The third-order valence-corrected chi connectivity index (χ3v) is 6.44. The lowest BCUT2D eigenvalue weighted by molar-refractivity contribution is -0.121. The average Bonchev–Trinajstić information content (AvgIpc) is 2.61. The molecule has 1 N–H and O–H groups in total. The smallest absolute Gasteiger partial charge is 0.243 e. The molecule has 0 aliphatic heterocycles. The van der Waals surface area contributed by atoms with Gasteiger partial charge in [0.2, 0.25) is 15.9 Å². The van der Waals surface area contributed by atoms with E-state index in [1.807, 2.05) is 37.4 Å². The van der Waals surface area contributed by atoms with Crippen molar-refractivity contribution in [3.05, 3.63) is 59.9 Å². The first-order chi connectivity index (χ1) is 12.2. The topological polar surface area (TPSA) is 66.5 Å². The number of halogens is 1. The monoisotopic (exact) mass is 396 g/mol. The lowest BCUT2D eigenvalue weighted by atomic mass is 10.1. The van der Waals surface area contributed by atoms with Crippen molar-refractivity contribution in [1.82, 2.24) is 9.62 Å². The summed E-state index contributed by atoms with van der Waals surface area (Å²) in [5.74, 6) is -0.940. The first kappa shape index (κ1) is 20.4. The lowest BCUT2D eigenvalue weighted by Crippen LogP contribution is -2.39. The molecule has 0 aliphatic carbocycles. The lowest BCUT2D eigenvalue weighted by Gasteiger charge is -2.19. The number of hydrogen-bond donors (Lipinski definition) is 1. The van der Waals surface area contributed by atoms with Gasteiger partial charge in [-0.2, -0.15) is 4.31 Å². The summed E-state index contributed by atoms with van der Waals surface area (Å²) in [6.07, 6.45) is 1.98. The number of hydrogen-bond acceptors (Lipinski definition) is 4. The van der Waals surface area contributed by atoms with E-state index in [1.165, 1.54) is 19.2 Å². The first-order valence-electron chi connectivity index (χ1n) is 7.89. The van der Waals surface area contributed by atoms with Gasteiger partial charge in [-0.05, 0) is 55.1 Å². The van der Waals surface area contributed by atoms with Gasteiger partial charge in [0.15, 0.2) is 0 Å². The summed E-state index contributed by atoms with van der Waals surface area (Å²) in [6, 6.07) is 12.0. The maximum atomic E-state index is 13.0. The van der Waals surface area contributed by atoms with Crippen molar-refractivity contribution in [3.8, 4) is 0 Å². The highest BCUT2D eigenvalue weighted by molar-refractivity contribution is 7.98. The molecule has 1 atom stereocenters.